The Morgan fingerprint density at radius 3 is 1.46 bits per heavy atom. The molecule has 2 aliphatic carbocycles. The van der Waals surface area contributed by atoms with E-state index in [1.54, 1.807) is 22.3 Å². The molecule has 2 aromatic carbocycles. The summed E-state index contributed by atoms with van der Waals surface area (Å²) in [6.45, 7) is 10.0. The third-order valence-electron chi connectivity index (χ3n) is 6.19. The minimum Gasteiger partial charge on any atom is -1.00 e. The number of halogens is 2. The fraction of sp³-hybridized carbons (Fsp3) is 0.333. The van der Waals surface area contributed by atoms with Gasteiger partial charge in [-0.15, -0.1) is 0 Å². The molecule has 0 amide bonds. The van der Waals surface area contributed by atoms with E-state index >= 15 is 0 Å². The van der Waals surface area contributed by atoms with Crippen LogP contribution in [0.2, 0.25) is 13.1 Å². The van der Waals surface area contributed by atoms with E-state index in [4.69, 9.17) is 0 Å². The molecule has 0 spiro atoms. The predicted molar refractivity (Wildman–Crippen MR) is 114 cm³/mol. The average Bonchev–Trinajstić information content (AvgIpc) is 3.21. The summed E-state index contributed by atoms with van der Waals surface area (Å²) in [5.41, 5.74) is 9.83. The van der Waals surface area contributed by atoms with Crippen LogP contribution >= 0.6 is 0 Å². The van der Waals surface area contributed by atoms with Crippen molar-refractivity contribution >= 4 is 18.1 Å². The molecule has 0 aromatic heterocycles. The van der Waals surface area contributed by atoms with Crippen molar-refractivity contribution in [3.8, 4) is 0 Å². The molecule has 2 unspecified atom stereocenters. The number of allylic oxidation sites excluding steroid dienone is 2. The van der Waals surface area contributed by atoms with E-state index in [-0.39, 0.29) is 48.0 Å². The summed E-state index contributed by atoms with van der Waals surface area (Å²) in [7, 11) is 0. The Balaban J connectivity index is 0.00000140. The van der Waals surface area contributed by atoms with Gasteiger partial charge in [-0.1, -0.05) is 0 Å². The first-order chi connectivity index (χ1) is 12.7. The van der Waals surface area contributed by atoms with Crippen LogP contribution in [0.15, 0.2) is 59.7 Å². The van der Waals surface area contributed by atoms with Gasteiger partial charge >= 0.3 is 168 Å². The van der Waals surface area contributed by atoms with Crippen molar-refractivity contribution in [2.24, 2.45) is 0 Å². The third kappa shape index (κ3) is 4.40. The van der Waals surface area contributed by atoms with Gasteiger partial charge in [-0.3, -0.25) is 0 Å². The summed E-state index contributed by atoms with van der Waals surface area (Å²) < 4.78 is 1.60. The van der Waals surface area contributed by atoms with Crippen LogP contribution in [0.1, 0.15) is 56.2 Å². The molecule has 0 N–H and O–H groups in total. The van der Waals surface area contributed by atoms with Gasteiger partial charge in [0.25, 0.3) is 0 Å². The average molecular weight is 691 g/mol. The molecule has 0 nitrogen and oxygen atoms in total. The standard InChI is InChI=1S/2C11H11.C2H7Si.2HI.Zr/c2*1-2-9-7-10-5-3-4-6-11(10)8-9;1-3-2;;;/h2*3-8H,2H2,1H3;3H,1-2H3;2*1H;/q;;;;;+2/p-2. The first kappa shape index (κ1) is 24.7. The quantitative estimate of drug-likeness (QED) is 0.321. The zero-order chi connectivity index (χ0) is 18.3. The van der Waals surface area contributed by atoms with E-state index < -0.39 is 26.8 Å². The van der Waals surface area contributed by atoms with E-state index in [0.29, 0.717) is 0 Å². The van der Waals surface area contributed by atoms with E-state index in [1.165, 1.54) is 24.0 Å². The van der Waals surface area contributed by atoms with Crippen molar-refractivity contribution in [1.29, 1.82) is 0 Å². The monoisotopic (exact) mass is 689 g/mol. The van der Waals surface area contributed by atoms with Crippen LogP contribution in [0, 0.1) is 0 Å². The number of benzene rings is 2. The normalized spacial score (nSPS) is 19.2. The SMILES string of the molecule is CCC1=Cc2ccccc2[CH]1[Zr+2]([CH]1C(CC)=Cc2ccccc21)[SiH](C)C.[I-].[I-]. The number of hydrogen-bond donors (Lipinski definition) is 0. The molecule has 0 saturated carbocycles. The molecule has 2 aliphatic rings. The maximum Gasteiger partial charge on any atom is -1.00 e. The van der Waals surface area contributed by atoms with Gasteiger partial charge < -0.3 is 48.0 Å². The van der Waals surface area contributed by atoms with Crippen LogP contribution in [0.3, 0.4) is 0 Å². The maximum absolute atomic E-state index is 2.65. The smallest absolute Gasteiger partial charge is 1.00 e. The third-order valence-corrected chi connectivity index (χ3v) is 27.9. The van der Waals surface area contributed by atoms with Crippen molar-refractivity contribution in [3.05, 3.63) is 81.9 Å². The summed E-state index contributed by atoms with van der Waals surface area (Å²) >= 11 is -1.78. The molecular formula is C24H29I2SiZr. The fourth-order valence-corrected chi connectivity index (χ4v) is 28.2. The summed E-state index contributed by atoms with van der Waals surface area (Å²) in [6, 6.07) is 18.5. The first-order valence-corrected chi connectivity index (χ1v) is 20.1. The van der Waals surface area contributed by atoms with Gasteiger partial charge in [0, 0.05) is 0 Å². The first-order valence-electron chi connectivity index (χ1n) is 10.1. The Morgan fingerprint density at radius 1 is 0.714 bits per heavy atom. The molecule has 4 rings (SSSR count). The molecule has 0 saturated heterocycles. The fourth-order valence-electron chi connectivity index (χ4n) is 5.01. The Morgan fingerprint density at radius 2 is 1.11 bits per heavy atom. The number of hydrogen-bond acceptors (Lipinski definition) is 0. The predicted octanol–water partition coefficient (Wildman–Crippen LogP) is 0.693. The molecule has 4 heteroatoms. The molecular weight excluding hydrogens is 661 g/mol. The molecule has 0 heterocycles. The summed E-state index contributed by atoms with van der Waals surface area (Å²) in [5.74, 6) is -0.699. The van der Waals surface area contributed by atoms with Gasteiger partial charge in [-0.25, -0.2) is 0 Å². The Hall–Kier alpha value is 0.480. The van der Waals surface area contributed by atoms with Gasteiger partial charge in [0.2, 0.25) is 0 Å². The minimum atomic E-state index is -1.78. The topological polar surface area (TPSA) is 0 Å². The molecule has 2 aromatic rings. The zero-order valence-electron chi connectivity index (χ0n) is 17.2. The van der Waals surface area contributed by atoms with Gasteiger partial charge in [0.05, 0.1) is 0 Å². The molecule has 0 aliphatic heterocycles. The van der Waals surface area contributed by atoms with Crippen molar-refractivity contribution in [3.63, 3.8) is 0 Å². The number of fused-ring (bicyclic) bond motifs is 2. The van der Waals surface area contributed by atoms with E-state index in [0.717, 1.165) is 7.25 Å². The summed E-state index contributed by atoms with van der Waals surface area (Å²) in [5, 5.41) is 0. The van der Waals surface area contributed by atoms with Crippen LogP contribution in [-0.4, -0.2) is 5.92 Å². The molecule has 0 fully saturated rings. The van der Waals surface area contributed by atoms with Crippen LogP contribution in [0.4, 0.5) is 0 Å². The molecule has 147 valence electrons. The van der Waals surface area contributed by atoms with Crippen molar-refractivity contribution in [1.82, 2.24) is 0 Å². The van der Waals surface area contributed by atoms with Gasteiger partial charge in [-0.05, 0) is 0 Å². The van der Waals surface area contributed by atoms with E-state index in [2.05, 4.69) is 87.6 Å². The van der Waals surface area contributed by atoms with Gasteiger partial charge in [-0.2, -0.15) is 0 Å². The van der Waals surface area contributed by atoms with E-state index in [1.807, 2.05) is 0 Å². The zero-order valence-corrected chi connectivity index (χ0v) is 25.1. The Kier molecular flexibility index (Phi) is 9.44. The van der Waals surface area contributed by atoms with Crippen molar-refractivity contribution in [2.75, 3.05) is 0 Å². The molecule has 2 atom stereocenters. The minimum absolute atomic E-state index is 0. The van der Waals surface area contributed by atoms with Gasteiger partial charge in [0.1, 0.15) is 0 Å². The largest absolute Gasteiger partial charge is 1.00 e. The van der Waals surface area contributed by atoms with Crippen molar-refractivity contribution < 1.29 is 68.9 Å². The number of rotatable bonds is 5. The van der Waals surface area contributed by atoms with Crippen LogP contribution in [0.5, 0.6) is 0 Å². The molecule has 0 bridgehead atoms. The van der Waals surface area contributed by atoms with Crippen LogP contribution in [-0.2, 0) is 20.9 Å². The maximum atomic E-state index is 2.65. The summed E-state index contributed by atoms with van der Waals surface area (Å²) in [6.07, 6.45) is 7.50. The second-order valence-electron chi connectivity index (χ2n) is 7.92. The van der Waals surface area contributed by atoms with Gasteiger partial charge in [0.15, 0.2) is 0 Å². The Bertz CT molecular complexity index is 818. The van der Waals surface area contributed by atoms with Crippen LogP contribution in [0.25, 0.3) is 12.2 Å². The molecule has 28 heavy (non-hydrogen) atoms. The van der Waals surface area contributed by atoms with Crippen LogP contribution < -0.4 is 48.0 Å². The summed E-state index contributed by atoms with van der Waals surface area (Å²) in [4.78, 5) is 0. The molecule has 0 radical (unpaired) electrons. The van der Waals surface area contributed by atoms with E-state index in [9.17, 15) is 0 Å². The Labute approximate surface area is 213 Å². The second-order valence-corrected chi connectivity index (χ2v) is 28.0. The second kappa shape index (κ2) is 10.7. The van der Waals surface area contributed by atoms with Crippen molar-refractivity contribution in [2.45, 2.75) is 47.0 Å².